The molecule has 0 aliphatic carbocycles. The number of Topliss-reactive ketones (excluding diaryl/α,β-unsaturated/α-hetero) is 1. The molecule has 0 fully saturated rings. The molecule has 2 heterocycles. The molecule has 3 aromatic rings. The monoisotopic (exact) mass is 395 g/mol. The van der Waals surface area contributed by atoms with E-state index in [4.69, 9.17) is 4.74 Å². The number of benzene rings is 1. The number of rotatable bonds is 8. The second-order valence-corrected chi connectivity index (χ2v) is 7.80. The van der Waals surface area contributed by atoms with Crippen molar-refractivity contribution in [3.8, 4) is 11.4 Å². The molecule has 0 unspecified atom stereocenters. The molecule has 0 bridgehead atoms. The first-order valence-corrected chi connectivity index (χ1v) is 9.90. The molecule has 0 aliphatic heterocycles. The Hall–Kier alpha value is -2.80. The van der Waals surface area contributed by atoms with Crippen LogP contribution in [0.15, 0.2) is 30.3 Å². The van der Waals surface area contributed by atoms with Gasteiger partial charge < -0.3 is 9.30 Å². The lowest BCUT2D eigenvalue weighted by Gasteiger charge is -2.17. The van der Waals surface area contributed by atoms with Crippen molar-refractivity contribution in [3.05, 3.63) is 52.8 Å². The van der Waals surface area contributed by atoms with Crippen LogP contribution in [0, 0.1) is 13.8 Å². The first-order chi connectivity index (χ1) is 13.8. The van der Waals surface area contributed by atoms with Gasteiger partial charge in [0.15, 0.2) is 5.78 Å². The minimum atomic E-state index is -0.0342. The fourth-order valence-corrected chi connectivity index (χ4v) is 3.71. The van der Waals surface area contributed by atoms with Gasteiger partial charge in [0, 0.05) is 29.6 Å². The third-order valence-electron chi connectivity index (χ3n) is 5.21. The molecule has 2 aromatic heterocycles. The van der Waals surface area contributed by atoms with Gasteiger partial charge in [0.1, 0.15) is 6.54 Å². The summed E-state index contributed by atoms with van der Waals surface area (Å²) in [6.07, 6.45) is 0. The van der Waals surface area contributed by atoms with E-state index >= 15 is 0 Å². The maximum atomic E-state index is 12.9. The predicted molar refractivity (Wildman–Crippen MR) is 112 cm³/mol. The standard InChI is InChI=1S/C22H29N5O2/c1-14(2)18-7-9-19(10-8-18)22-23-25-26(24-22)12-21(28)20-11-15(3)27(17(20)5)16(4)13-29-6/h7-11,14,16H,12-13H2,1-6H3/t16-/m0/s1. The van der Waals surface area contributed by atoms with E-state index in [1.165, 1.54) is 10.4 Å². The number of ketones is 1. The Kier molecular flexibility index (Phi) is 6.27. The van der Waals surface area contributed by atoms with Gasteiger partial charge in [-0.25, -0.2) is 0 Å². The Morgan fingerprint density at radius 2 is 1.83 bits per heavy atom. The van der Waals surface area contributed by atoms with Crippen molar-refractivity contribution in [2.24, 2.45) is 0 Å². The van der Waals surface area contributed by atoms with Crippen molar-refractivity contribution >= 4 is 5.78 Å². The Morgan fingerprint density at radius 1 is 1.14 bits per heavy atom. The van der Waals surface area contributed by atoms with Crippen LogP contribution in [0.25, 0.3) is 11.4 Å². The van der Waals surface area contributed by atoms with Crippen LogP contribution in [0.1, 0.15) is 60.0 Å². The summed E-state index contributed by atoms with van der Waals surface area (Å²) in [5.74, 6) is 0.955. The zero-order valence-corrected chi connectivity index (χ0v) is 18.0. The van der Waals surface area contributed by atoms with E-state index in [1.54, 1.807) is 7.11 Å². The second kappa shape index (κ2) is 8.69. The summed E-state index contributed by atoms with van der Waals surface area (Å²) < 4.78 is 7.39. The summed E-state index contributed by atoms with van der Waals surface area (Å²) in [7, 11) is 1.68. The number of aryl methyl sites for hydroxylation is 1. The molecule has 0 spiro atoms. The topological polar surface area (TPSA) is 74.8 Å². The fraction of sp³-hybridized carbons (Fsp3) is 0.455. The first kappa shape index (κ1) is 20.9. The van der Waals surface area contributed by atoms with Crippen molar-refractivity contribution < 1.29 is 9.53 Å². The predicted octanol–water partition coefficient (Wildman–Crippen LogP) is 3.97. The molecule has 0 saturated carbocycles. The highest BCUT2D eigenvalue weighted by atomic mass is 16.5. The van der Waals surface area contributed by atoms with Gasteiger partial charge in [0.05, 0.1) is 12.6 Å². The summed E-state index contributed by atoms with van der Waals surface area (Å²) in [5.41, 5.74) is 4.80. The lowest BCUT2D eigenvalue weighted by Crippen LogP contribution is -2.16. The zero-order chi connectivity index (χ0) is 21.1. The molecule has 7 nitrogen and oxygen atoms in total. The van der Waals surface area contributed by atoms with Crippen molar-refractivity contribution in [2.75, 3.05) is 13.7 Å². The third-order valence-corrected chi connectivity index (χ3v) is 5.21. The maximum absolute atomic E-state index is 12.9. The van der Waals surface area contributed by atoms with E-state index in [0.29, 0.717) is 23.9 Å². The number of methoxy groups -OCH3 is 1. The van der Waals surface area contributed by atoms with E-state index in [-0.39, 0.29) is 18.4 Å². The summed E-state index contributed by atoms with van der Waals surface area (Å²) in [6, 6.07) is 10.2. The largest absolute Gasteiger partial charge is 0.383 e. The molecule has 1 aromatic carbocycles. The third kappa shape index (κ3) is 4.45. The average Bonchev–Trinajstić information content (AvgIpc) is 3.26. The molecule has 0 aliphatic rings. The minimum Gasteiger partial charge on any atom is -0.383 e. The van der Waals surface area contributed by atoms with Crippen LogP contribution in [0.4, 0.5) is 0 Å². The second-order valence-electron chi connectivity index (χ2n) is 7.80. The number of aromatic nitrogens is 5. The molecular formula is C22H29N5O2. The van der Waals surface area contributed by atoms with E-state index < -0.39 is 0 Å². The molecule has 3 rings (SSSR count). The summed E-state index contributed by atoms with van der Waals surface area (Å²) in [5, 5.41) is 12.6. The lowest BCUT2D eigenvalue weighted by molar-refractivity contribution is 0.0960. The van der Waals surface area contributed by atoms with E-state index in [9.17, 15) is 4.79 Å². The Bertz CT molecular complexity index is 985. The number of nitrogens with zero attached hydrogens (tertiary/aromatic N) is 5. The highest BCUT2D eigenvalue weighted by molar-refractivity contribution is 5.97. The molecular weight excluding hydrogens is 366 g/mol. The highest BCUT2D eigenvalue weighted by Gasteiger charge is 2.20. The molecule has 1 atom stereocenters. The zero-order valence-electron chi connectivity index (χ0n) is 18.0. The van der Waals surface area contributed by atoms with Crippen molar-refractivity contribution in [1.82, 2.24) is 24.8 Å². The van der Waals surface area contributed by atoms with E-state index in [0.717, 1.165) is 17.0 Å². The molecule has 0 N–H and O–H groups in total. The summed E-state index contributed by atoms with van der Waals surface area (Å²) >= 11 is 0. The van der Waals surface area contributed by atoms with Crippen LogP contribution < -0.4 is 0 Å². The van der Waals surface area contributed by atoms with Gasteiger partial charge in [0.2, 0.25) is 5.82 Å². The van der Waals surface area contributed by atoms with Gasteiger partial charge in [-0.3, -0.25) is 4.79 Å². The molecule has 154 valence electrons. The number of hydrogen-bond donors (Lipinski definition) is 0. The van der Waals surface area contributed by atoms with Gasteiger partial charge >= 0.3 is 0 Å². The van der Waals surface area contributed by atoms with Gasteiger partial charge in [0.25, 0.3) is 0 Å². The Balaban J connectivity index is 1.76. The molecule has 0 radical (unpaired) electrons. The van der Waals surface area contributed by atoms with Gasteiger partial charge in [-0.15, -0.1) is 10.2 Å². The number of hydrogen-bond acceptors (Lipinski definition) is 5. The molecule has 0 saturated heterocycles. The van der Waals surface area contributed by atoms with Crippen LogP contribution in [0.2, 0.25) is 0 Å². The van der Waals surface area contributed by atoms with Crippen LogP contribution >= 0.6 is 0 Å². The Morgan fingerprint density at radius 3 is 2.45 bits per heavy atom. The van der Waals surface area contributed by atoms with Crippen LogP contribution in [0.5, 0.6) is 0 Å². The van der Waals surface area contributed by atoms with Crippen LogP contribution in [0.3, 0.4) is 0 Å². The number of carbonyl (C=O) groups excluding carboxylic acids is 1. The molecule has 0 amide bonds. The van der Waals surface area contributed by atoms with Crippen LogP contribution in [-0.4, -0.2) is 44.3 Å². The number of tetrazole rings is 1. The van der Waals surface area contributed by atoms with Gasteiger partial charge in [-0.1, -0.05) is 38.1 Å². The Labute approximate surface area is 171 Å². The smallest absolute Gasteiger partial charge is 0.204 e. The van der Waals surface area contributed by atoms with Crippen LogP contribution in [-0.2, 0) is 11.3 Å². The van der Waals surface area contributed by atoms with Crippen molar-refractivity contribution in [1.29, 1.82) is 0 Å². The normalized spacial score (nSPS) is 12.5. The number of ether oxygens (including phenoxy) is 1. The highest BCUT2D eigenvalue weighted by Crippen LogP contribution is 2.22. The molecule has 7 heteroatoms. The quantitative estimate of drug-likeness (QED) is 0.540. The summed E-state index contributed by atoms with van der Waals surface area (Å²) in [6.45, 7) is 11.0. The fourth-order valence-electron chi connectivity index (χ4n) is 3.71. The van der Waals surface area contributed by atoms with Gasteiger partial charge in [-0.05, 0) is 43.5 Å². The van der Waals surface area contributed by atoms with Crippen molar-refractivity contribution in [2.45, 2.75) is 53.1 Å². The maximum Gasteiger partial charge on any atom is 0.204 e. The average molecular weight is 396 g/mol. The number of carbonyl (C=O) groups is 1. The summed E-state index contributed by atoms with van der Waals surface area (Å²) in [4.78, 5) is 14.2. The minimum absolute atomic E-state index is 0.0342. The SMILES string of the molecule is COC[C@H](C)n1c(C)cc(C(=O)Cn2nnc(-c3ccc(C(C)C)cc3)n2)c1C. The molecule has 29 heavy (non-hydrogen) atoms. The van der Waals surface area contributed by atoms with E-state index in [2.05, 4.69) is 52.9 Å². The van der Waals surface area contributed by atoms with E-state index in [1.807, 2.05) is 32.0 Å². The van der Waals surface area contributed by atoms with Gasteiger partial charge in [-0.2, -0.15) is 4.80 Å². The lowest BCUT2D eigenvalue weighted by atomic mass is 10.0. The van der Waals surface area contributed by atoms with Crippen molar-refractivity contribution in [3.63, 3.8) is 0 Å². The first-order valence-electron chi connectivity index (χ1n) is 9.90.